The first-order valence-electron chi connectivity index (χ1n) is 11.1. The minimum Gasteiger partial charge on any atom is -0.308 e. The second-order valence-electron chi connectivity index (χ2n) is 8.96. The zero-order valence-corrected chi connectivity index (χ0v) is 19.1. The highest BCUT2D eigenvalue weighted by molar-refractivity contribution is 7.93. The van der Waals surface area contributed by atoms with Crippen LogP contribution in [0.5, 0.6) is 0 Å². The van der Waals surface area contributed by atoms with E-state index < -0.39 is 10.0 Å². The Morgan fingerprint density at radius 1 is 1.00 bits per heavy atom. The average molecular weight is 454 g/mol. The number of hydrogen-bond donors (Lipinski definition) is 0. The van der Waals surface area contributed by atoms with Crippen LogP contribution in [0.2, 0.25) is 0 Å². The number of amides is 2. The Bertz CT molecular complexity index is 1210. The molecule has 1 atom stereocenters. The van der Waals surface area contributed by atoms with Gasteiger partial charge < -0.3 is 9.80 Å². The van der Waals surface area contributed by atoms with Gasteiger partial charge in [0.15, 0.2) is 0 Å². The minimum atomic E-state index is -3.26. The Kier molecular flexibility index (Phi) is 5.00. The van der Waals surface area contributed by atoms with Gasteiger partial charge in [-0.3, -0.25) is 13.9 Å². The van der Waals surface area contributed by atoms with Gasteiger partial charge in [0.25, 0.3) is 0 Å². The summed E-state index contributed by atoms with van der Waals surface area (Å²) in [7, 11) is -3.26. The number of nitrogens with zero attached hydrogens (tertiary/aromatic N) is 3. The number of benzene rings is 2. The van der Waals surface area contributed by atoms with Crippen molar-refractivity contribution in [2.45, 2.75) is 39.2 Å². The van der Waals surface area contributed by atoms with Crippen molar-refractivity contribution in [3.63, 3.8) is 0 Å². The second kappa shape index (κ2) is 7.62. The largest absolute Gasteiger partial charge is 0.308 e. The fourth-order valence-corrected chi connectivity index (χ4v) is 6.37. The molecule has 2 aromatic carbocycles. The Hall–Kier alpha value is -2.87. The highest BCUT2D eigenvalue weighted by Gasteiger charge is 2.39. The van der Waals surface area contributed by atoms with Gasteiger partial charge in [0.2, 0.25) is 21.8 Å². The van der Waals surface area contributed by atoms with Crippen LogP contribution in [0.3, 0.4) is 0 Å². The van der Waals surface area contributed by atoms with Crippen LogP contribution in [0.4, 0.5) is 17.1 Å². The molecular weight excluding hydrogens is 426 g/mol. The number of rotatable bonds is 3. The molecule has 168 valence electrons. The maximum absolute atomic E-state index is 13.0. The van der Waals surface area contributed by atoms with Gasteiger partial charge in [0, 0.05) is 25.9 Å². The predicted octanol–water partition coefficient (Wildman–Crippen LogP) is 3.39. The highest BCUT2D eigenvalue weighted by Crippen LogP contribution is 2.42. The summed E-state index contributed by atoms with van der Waals surface area (Å²) in [5, 5.41) is 0. The van der Waals surface area contributed by atoms with E-state index in [0.717, 1.165) is 35.3 Å². The van der Waals surface area contributed by atoms with Gasteiger partial charge in [0.05, 0.1) is 28.9 Å². The lowest BCUT2D eigenvalue weighted by molar-refractivity contribution is -0.120. The lowest BCUT2D eigenvalue weighted by Gasteiger charge is -2.41. The van der Waals surface area contributed by atoms with Gasteiger partial charge in [-0.15, -0.1) is 0 Å². The molecule has 0 aromatic heterocycles. The summed E-state index contributed by atoms with van der Waals surface area (Å²) in [5.41, 5.74) is 3.90. The molecule has 1 saturated heterocycles. The van der Waals surface area contributed by atoms with Gasteiger partial charge in [0.1, 0.15) is 0 Å². The van der Waals surface area contributed by atoms with E-state index in [9.17, 15) is 18.0 Å². The van der Waals surface area contributed by atoms with Gasteiger partial charge in [-0.1, -0.05) is 18.2 Å². The van der Waals surface area contributed by atoms with Crippen LogP contribution in [-0.4, -0.2) is 45.1 Å². The Labute approximate surface area is 188 Å². The monoisotopic (exact) mass is 453 g/mol. The van der Waals surface area contributed by atoms with E-state index in [1.54, 1.807) is 11.8 Å². The Morgan fingerprint density at radius 2 is 1.75 bits per heavy atom. The number of hydrogen-bond acceptors (Lipinski definition) is 4. The van der Waals surface area contributed by atoms with E-state index in [4.69, 9.17) is 0 Å². The smallest absolute Gasteiger partial charge is 0.235 e. The van der Waals surface area contributed by atoms with Crippen molar-refractivity contribution in [1.82, 2.24) is 0 Å². The molecular formula is C24H27N3O4S. The quantitative estimate of drug-likeness (QED) is 0.714. The molecule has 8 heteroatoms. The van der Waals surface area contributed by atoms with E-state index in [1.807, 2.05) is 54.3 Å². The SMILES string of the molecule is CC(=O)N1c2ccc(-c3cccc(N4CCCS4(=O)=O)c3)cc2N(C(=O)C2CC2)C[C@@H]1C. The normalized spacial score (nSPS) is 22.1. The molecule has 0 N–H and O–H groups in total. The molecule has 2 heterocycles. The summed E-state index contributed by atoms with van der Waals surface area (Å²) in [6.07, 6.45) is 2.46. The lowest BCUT2D eigenvalue weighted by Crippen LogP contribution is -2.51. The molecule has 0 unspecified atom stereocenters. The summed E-state index contributed by atoms with van der Waals surface area (Å²) in [6, 6.07) is 13.2. The zero-order chi connectivity index (χ0) is 22.6. The first-order chi connectivity index (χ1) is 15.3. The lowest BCUT2D eigenvalue weighted by atomic mass is 9.99. The van der Waals surface area contributed by atoms with Crippen LogP contribution in [-0.2, 0) is 19.6 Å². The average Bonchev–Trinajstić information content (AvgIpc) is 3.54. The molecule has 5 rings (SSSR count). The predicted molar refractivity (Wildman–Crippen MR) is 125 cm³/mol. The van der Waals surface area contributed by atoms with E-state index in [0.29, 0.717) is 25.2 Å². The molecule has 0 spiro atoms. The maximum Gasteiger partial charge on any atom is 0.235 e. The minimum absolute atomic E-state index is 0.0498. The molecule has 3 aliphatic rings. The molecule has 2 fully saturated rings. The standard InChI is InChI=1S/C24H27N3O4S/c1-16-15-25(24(29)18-7-8-18)23-14-20(9-10-22(23)27(16)17(2)28)19-5-3-6-21(13-19)26-11-4-12-32(26,30)31/h3,5-6,9-10,13-14,16,18H,4,7-8,11-12,15H2,1-2H3/t16-/m0/s1. The van der Waals surface area contributed by atoms with Gasteiger partial charge in [-0.25, -0.2) is 8.42 Å². The summed E-state index contributed by atoms with van der Waals surface area (Å²) >= 11 is 0. The van der Waals surface area contributed by atoms with Gasteiger partial charge >= 0.3 is 0 Å². The third kappa shape index (κ3) is 3.56. The first kappa shape index (κ1) is 21.0. The van der Waals surface area contributed by atoms with Crippen molar-refractivity contribution < 1.29 is 18.0 Å². The van der Waals surface area contributed by atoms with E-state index in [1.165, 1.54) is 4.31 Å². The van der Waals surface area contributed by atoms with Crippen molar-refractivity contribution in [3.05, 3.63) is 42.5 Å². The van der Waals surface area contributed by atoms with Crippen LogP contribution in [0, 0.1) is 5.92 Å². The van der Waals surface area contributed by atoms with E-state index >= 15 is 0 Å². The number of carbonyl (C=O) groups excluding carboxylic acids is 2. The number of fused-ring (bicyclic) bond motifs is 1. The molecule has 2 aliphatic heterocycles. The molecule has 32 heavy (non-hydrogen) atoms. The molecule has 1 saturated carbocycles. The van der Waals surface area contributed by atoms with Crippen LogP contribution in [0.1, 0.15) is 33.1 Å². The first-order valence-corrected chi connectivity index (χ1v) is 12.7. The van der Waals surface area contributed by atoms with Crippen LogP contribution in [0.15, 0.2) is 42.5 Å². The Morgan fingerprint density at radius 3 is 2.41 bits per heavy atom. The summed E-state index contributed by atoms with van der Waals surface area (Å²) in [5.74, 6) is 0.320. The van der Waals surface area contributed by atoms with Crippen LogP contribution >= 0.6 is 0 Å². The maximum atomic E-state index is 13.0. The molecule has 7 nitrogen and oxygen atoms in total. The van der Waals surface area contributed by atoms with Crippen molar-refractivity contribution in [1.29, 1.82) is 0 Å². The molecule has 0 radical (unpaired) electrons. The van der Waals surface area contributed by atoms with Crippen molar-refractivity contribution in [3.8, 4) is 11.1 Å². The van der Waals surface area contributed by atoms with Gasteiger partial charge in [-0.05, 0) is 61.6 Å². The van der Waals surface area contributed by atoms with Crippen LogP contribution in [0.25, 0.3) is 11.1 Å². The number of sulfonamides is 1. The van der Waals surface area contributed by atoms with Crippen molar-refractivity contribution >= 4 is 38.9 Å². The van der Waals surface area contributed by atoms with Gasteiger partial charge in [-0.2, -0.15) is 0 Å². The second-order valence-corrected chi connectivity index (χ2v) is 11.0. The fraction of sp³-hybridized carbons (Fsp3) is 0.417. The summed E-state index contributed by atoms with van der Waals surface area (Å²) in [4.78, 5) is 29.0. The zero-order valence-electron chi connectivity index (χ0n) is 18.3. The fourth-order valence-electron chi connectivity index (χ4n) is 4.81. The van der Waals surface area contributed by atoms with Crippen LogP contribution < -0.4 is 14.1 Å². The highest BCUT2D eigenvalue weighted by atomic mass is 32.2. The molecule has 2 aromatic rings. The number of anilines is 3. The van der Waals surface area contributed by atoms with Crippen molar-refractivity contribution in [2.24, 2.45) is 5.92 Å². The summed E-state index contributed by atoms with van der Waals surface area (Å²) in [6.45, 7) is 4.47. The molecule has 0 bridgehead atoms. The van der Waals surface area contributed by atoms with Crippen molar-refractivity contribution in [2.75, 3.05) is 32.9 Å². The number of carbonyl (C=O) groups is 2. The molecule has 1 aliphatic carbocycles. The Balaban J connectivity index is 1.57. The van der Waals surface area contributed by atoms with E-state index in [2.05, 4.69) is 0 Å². The third-order valence-electron chi connectivity index (χ3n) is 6.51. The topological polar surface area (TPSA) is 78.0 Å². The summed E-state index contributed by atoms with van der Waals surface area (Å²) < 4.78 is 26.2. The molecule has 2 amide bonds. The third-order valence-corrected chi connectivity index (χ3v) is 8.38. The van der Waals surface area contributed by atoms with E-state index in [-0.39, 0.29) is 29.5 Å².